The van der Waals surface area contributed by atoms with E-state index < -0.39 is 11.9 Å². The number of allylic oxidation sites excluding steroid dienone is 1. The number of carbonyl (C=O) groups is 1. The molecular weight excluding hydrogens is 132 g/mol. The van der Waals surface area contributed by atoms with Crippen LogP contribution in [0.3, 0.4) is 0 Å². The summed E-state index contributed by atoms with van der Waals surface area (Å²) in [6, 6.07) is 0. The van der Waals surface area contributed by atoms with Crippen LogP contribution in [-0.4, -0.2) is 22.1 Å². The average molecular weight is 140 g/mol. The van der Waals surface area contributed by atoms with Gasteiger partial charge in [-0.25, -0.2) is 0 Å². The lowest BCUT2D eigenvalue weighted by Crippen LogP contribution is -2.23. The van der Waals surface area contributed by atoms with Gasteiger partial charge < -0.3 is 10.2 Å². The van der Waals surface area contributed by atoms with E-state index in [1.54, 1.807) is 6.08 Å². The minimum atomic E-state index is -0.969. The van der Waals surface area contributed by atoms with Crippen LogP contribution in [0, 0.1) is 0 Å². The van der Waals surface area contributed by atoms with Crippen LogP contribution in [0.1, 0.15) is 6.42 Å². The number of aliphatic hydroxyl groups excluding tert-OH is 2. The molecule has 3 nitrogen and oxygen atoms in total. The molecule has 0 radical (unpaired) electrons. The molecule has 54 valence electrons. The summed E-state index contributed by atoms with van der Waals surface area (Å²) in [7, 11) is 0. The minimum absolute atomic E-state index is 0.166. The molecule has 0 amide bonds. The van der Waals surface area contributed by atoms with Crippen molar-refractivity contribution in [3.05, 3.63) is 24.0 Å². The van der Waals surface area contributed by atoms with Gasteiger partial charge in [0, 0.05) is 0 Å². The lowest BCUT2D eigenvalue weighted by atomic mass is 9.99. The molecule has 1 aliphatic carbocycles. The van der Waals surface area contributed by atoms with Gasteiger partial charge in [-0.05, 0) is 6.42 Å². The Kier molecular flexibility index (Phi) is 1.87. The van der Waals surface area contributed by atoms with Crippen LogP contribution >= 0.6 is 0 Å². The Morgan fingerprint density at radius 3 is 2.90 bits per heavy atom. The van der Waals surface area contributed by atoms with Crippen molar-refractivity contribution in [3.63, 3.8) is 0 Å². The molecule has 1 atom stereocenters. The van der Waals surface area contributed by atoms with Crippen molar-refractivity contribution in [2.24, 2.45) is 0 Å². The summed E-state index contributed by atoms with van der Waals surface area (Å²) in [4.78, 5) is 10.8. The molecule has 10 heavy (non-hydrogen) atoms. The maximum absolute atomic E-state index is 10.8. The van der Waals surface area contributed by atoms with Crippen molar-refractivity contribution in [3.8, 4) is 0 Å². The molecule has 0 aromatic heterocycles. The fourth-order valence-corrected chi connectivity index (χ4v) is 0.812. The molecular formula is C7H8O3. The van der Waals surface area contributed by atoms with Crippen molar-refractivity contribution >= 4 is 5.78 Å². The van der Waals surface area contributed by atoms with E-state index in [4.69, 9.17) is 10.2 Å². The van der Waals surface area contributed by atoms with E-state index in [9.17, 15) is 4.79 Å². The third-order valence-corrected chi connectivity index (χ3v) is 1.38. The molecule has 1 aliphatic rings. The summed E-state index contributed by atoms with van der Waals surface area (Å²) in [6.45, 7) is 0. The Labute approximate surface area is 58.3 Å². The molecule has 0 aromatic carbocycles. The number of rotatable bonds is 0. The van der Waals surface area contributed by atoms with E-state index in [0.717, 1.165) is 0 Å². The summed E-state index contributed by atoms with van der Waals surface area (Å²) in [5, 5.41) is 17.4. The van der Waals surface area contributed by atoms with Crippen molar-refractivity contribution in [2.45, 2.75) is 12.5 Å². The predicted octanol–water partition coefficient (Wildman–Crippen LogP) is 0.318. The first-order valence-electron chi connectivity index (χ1n) is 2.99. The monoisotopic (exact) mass is 140 g/mol. The summed E-state index contributed by atoms with van der Waals surface area (Å²) >= 11 is 0. The van der Waals surface area contributed by atoms with Crippen LogP contribution in [-0.2, 0) is 4.79 Å². The van der Waals surface area contributed by atoms with Gasteiger partial charge in [0.05, 0.1) is 11.8 Å². The highest BCUT2D eigenvalue weighted by Gasteiger charge is 2.19. The van der Waals surface area contributed by atoms with Crippen LogP contribution in [0.15, 0.2) is 24.0 Å². The van der Waals surface area contributed by atoms with E-state index in [0.29, 0.717) is 12.7 Å². The van der Waals surface area contributed by atoms with Crippen LogP contribution in [0.5, 0.6) is 0 Å². The van der Waals surface area contributed by atoms with Gasteiger partial charge in [0.15, 0.2) is 5.78 Å². The Bertz CT molecular complexity index is 203. The highest BCUT2D eigenvalue weighted by molar-refractivity contribution is 6.01. The Morgan fingerprint density at radius 1 is 1.70 bits per heavy atom. The van der Waals surface area contributed by atoms with Gasteiger partial charge in [-0.2, -0.15) is 0 Å². The van der Waals surface area contributed by atoms with Gasteiger partial charge in [0.1, 0.15) is 6.10 Å². The number of Topliss-reactive ketones (excluding diaryl/α,β-unsaturated/α-hetero) is 1. The molecule has 0 saturated heterocycles. The van der Waals surface area contributed by atoms with Crippen LogP contribution in [0.25, 0.3) is 0 Å². The zero-order valence-electron chi connectivity index (χ0n) is 5.32. The Balaban J connectivity index is 2.87. The fraction of sp³-hybridized carbons (Fsp3) is 0.286. The van der Waals surface area contributed by atoms with Crippen molar-refractivity contribution in [2.75, 3.05) is 0 Å². The molecule has 3 heteroatoms. The van der Waals surface area contributed by atoms with Gasteiger partial charge in [-0.1, -0.05) is 12.2 Å². The number of aliphatic hydroxyl groups is 2. The number of hydrogen-bond donors (Lipinski definition) is 2. The lowest BCUT2D eigenvalue weighted by molar-refractivity contribution is -0.123. The molecule has 0 saturated carbocycles. The first kappa shape index (κ1) is 7.02. The maximum atomic E-state index is 10.8. The standard InChI is InChI=1S/C7H8O3/c8-4-5-2-1-3-6(9)7(5)10/h1-2,4,6,8-9H,3H2. The molecule has 0 aromatic rings. The van der Waals surface area contributed by atoms with Crippen molar-refractivity contribution < 1.29 is 15.0 Å². The molecule has 1 rings (SSSR count). The lowest BCUT2D eigenvalue weighted by Gasteiger charge is -2.10. The van der Waals surface area contributed by atoms with Gasteiger partial charge in [0.25, 0.3) is 0 Å². The predicted molar refractivity (Wildman–Crippen MR) is 35.5 cm³/mol. The number of hydrogen-bond acceptors (Lipinski definition) is 3. The summed E-state index contributed by atoms with van der Waals surface area (Å²) < 4.78 is 0. The van der Waals surface area contributed by atoms with Crippen LogP contribution in [0.2, 0.25) is 0 Å². The van der Waals surface area contributed by atoms with E-state index in [1.165, 1.54) is 6.08 Å². The second-order valence-corrected chi connectivity index (χ2v) is 2.10. The summed E-state index contributed by atoms with van der Waals surface area (Å²) in [5.74, 6) is -0.412. The highest BCUT2D eigenvalue weighted by atomic mass is 16.3. The van der Waals surface area contributed by atoms with Crippen LogP contribution in [0.4, 0.5) is 0 Å². The zero-order valence-corrected chi connectivity index (χ0v) is 5.32. The van der Waals surface area contributed by atoms with Gasteiger partial charge in [0.2, 0.25) is 0 Å². The van der Waals surface area contributed by atoms with Crippen molar-refractivity contribution in [1.29, 1.82) is 0 Å². The minimum Gasteiger partial charge on any atom is -0.515 e. The molecule has 0 bridgehead atoms. The van der Waals surface area contributed by atoms with Crippen molar-refractivity contribution in [1.82, 2.24) is 0 Å². The van der Waals surface area contributed by atoms with Crippen LogP contribution < -0.4 is 0 Å². The SMILES string of the molecule is O=C1C(=CO)C=CCC1O. The second-order valence-electron chi connectivity index (χ2n) is 2.10. The largest absolute Gasteiger partial charge is 0.515 e. The molecule has 0 heterocycles. The average Bonchev–Trinajstić information content (AvgIpc) is 1.95. The Hall–Kier alpha value is -1.09. The number of ketones is 1. The van der Waals surface area contributed by atoms with E-state index >= 15 is 0 Å². The molecule has 0 fully saturated rings. The molecule has 2 N–H and O–H groups in total. The Morgan fingerprint density at radius 2 is 2.40 bits per heavy atom. The third-order valence-electron chi connectivity index (χ3n) is 1.38. The first-order valence-corrected chi connectivity index (χ1v) is 2.99. The smallest absolute Gasteiger partial charge is 0.194 e. The van der Waals surface area contributed by atoms with E-state index in [-0.39, 0.29) is 5.57 Å². The molecule has 0 spiro atoms. The highest BCUT2D eigenvalue weighted by Crippen LogP contribution is 2.11. The first-order chi connectivity index (χ1) is 4.75. The summed E-state index contributed by atoms with van der Waals surface area (Å²) in [5.41, 5.74) is 0.166. The summed E-state index contributed by atoms with van der Waals surface area (Å²) in [6.07, 6.45) is 3.23. The topological polar surface area (TPSA) is 57.5 Å². The normalized spacial score (nSPS) is 29.5. The van der Waals surface area contributed by atoms with Gasteiger partial charge in [-0.3, -0.25) is 4.79 Å². The molecule has 1 unspecified atom stereocenters. The zero-order chi connectivity index (χ0) is 7.56. The van der Waals surface area contributed by atoms with Gasteiger partial charge >= 0.3 is 0 Å². The second kappa shape index (κ2) is 2.66. The van der Waals surface area contributed by atoms with E-state index in [1.807, 2.05) is 0 Å². The number of carbonyl (C=O) groups excluding carboxylic acids is 1. The maximum Gasteiger partial charge on any atom is 0.194 e. The quantitative estimate of drug-likeness (QED) is 0.376. The fourth-order valence-electron chi connectivity index (χ4n) is 0.812. The van der Waals surface area contributed by atoms with E-state index in [2.05, 4.69) is 0 Å². The van der Waals surface area contributed by atoms with Gasteiger partial charge in [-0.15, -0.1) is 0 Å². The third kappa shape index (κ3) is 1.09. The molecule has 0 aliphatic heterocycles.